The second-order valence-electron chi connectivity index (χ2n) is 4.39. The van der Waals surface area contributed by atoms with Gasteiger partial charge in [-0.3, -0.25) is 4.98 Å². The Morgan fingerprint density at radius 1 is 1.45 bits per heavy atom. The first-order chi connectivity index (χ1) is 9.47. The number of halogens is 1. The lowest BCUT2D eigenvalue weighted by Gasteiger charge is -2.10. The molecule has 1 aromatic carbocycles. The zero-order chi connectivity index (χ0) is 14.7. The lowest BCUT2D eigenvalue weighted by atomic mass is 10.1. The highest BCUT2D eigenvalue weighted by molar-refractivity contribution is 5.94. The second-order valence-corrected chi connectivity index (χ2v) is 4.39. The highest BCUT2D eigenvalue weighted by atomic mass is 19.1. The largest absolute Gasteiger partial charge is 0.478 e. The van der Waals surface area contributed by atoms with Crippen molar-refractivity contribution in [2.45, 2.75) is 13.5 Å². The average molecular weight is 275 g/mol. The van der Waals surface area contributed by atoms with Gasteiger partial charge in [0.25, 0.3) is 0 Å². The van der Waals surface area contributed by atoms with E-state index in [0.29, 0.717) is 6.54 Å². The van der Waals surface area contributed by atoms with Crippen molar-refractivity contribution in [1.29, 1.82) is 0 Å². The number of pyridine rings is 1. The van der Waals surface area contributed by atoms with E-state index in [9.17, 15) is 9.18 Å². The van der Waals surface area contributed by atoms with Crippen molar-refractivity contribution < 1.29 is 14.3 Å². The van der Waals surface area contributed by atoms with Crippen LogP contribution in [0.3, 0.4) is 0 Å². The molecule has 5 nitrogen and oxygen atoms in total. The van der Waals surface area contributed by atoms with Gasteiger partial charge < -0.3 is 16.2 Å². The number of anilines is 2. The molecule has 0 saturated heterocycles. The van der Waals surface area contributed by atoms with Crippen LogP contribution in [0.25, 0.3) is 0 Å². The number of hydrogen-bond acceptors (Lipinski definition) is 4. The first-order valence-electron chi connectivity index (χ1n) is 5.95. The molecule has 1 heterocycles. The number of aryl methyl sites for hydroxylation is 1. The summed E-state index contributed by atoms with van der Waals surface area (Å²) < 4.78 is 13.7. The summed E-state index contributed by atoms with van der Waals surface area (Å²) in [4.78, 5) is 15.1. The summed E-state index contributed by atoms with van der Waals surface area (Å²) in [7, 11) is 0. The van der Waals surface area contributed by atoms with Crippen LogP contribution in [0.15, 0.2) is 30.5 Å². The third-order valence-corrected chi connectivity index (χ3v) is 2.83. The van der Waals surface area contributed by atoms with Gasteiger partial charge in [0.15, 0.2) is 0 Å². The maximum atomic E-state index is 13.7. The molecular formula is C14H14FN3O2. The van der Waals surface area contributed by atoms with Gasteiger partial charge in [0.1, 0.15) is 5.82 Å². The minimum atomic E-state index is -1.19. The SMILES string of the molecule is Cc1ccc(CNc2cc(C(=O)O)c(N)cc2F)cn1. The van der Waals surface area contributed by atoms with E-state index in [4.69, 9.17) is 10.8 Å². The molecule has 4 N–H and O–H groups in total. The van der Waals surface area contributed by atoms with Crippen molar-refractivity contribution in [3.05, 3.63) is 53.1 Å². The monoisotopic (exact) mass is 275 g/mol. The molecule has 0 fully saturated rings. The summed E-state index contributed by atoms with van der Waals surface area (Å²) >= 11 is 0. The van der Waals surface area contributed by atoms with Gasteiger partial charge in [0.2, 0.25) is 0 Å². The van der Waals surface area contributed by atoms with E-state index in [1.807, 2.05) is 19.1 Å². The molecule has 0 atom stereocenters. The lowest BCUT2D eigenvalue weighted by Crippen LogP contribution is -2.07. The first kappa shape index (κ1) is 13.8. The molecule has 0 spiro atoms. The fourth-order valence-electron chi connectivity index (χ4n) is 1.71. The number of rotatable bonds is 4. The van der Waals surface area contributed by atoms with E-state index < -0.39 is 11.8 Å². The fraction of sp³-hybridized carbons (Fsp3) is 0.143. The number of nitrogens with one attached hydrogen (secondary N) is 1. The number of aromatic carboxylic acids is 1. The number of nitrogens with zero attached hydrogens (tertiary/aromatic N) is 1. The normalized spacial score (nSPS) is 10.3. The summed E-state index contributed by atoms with van der Waals surface area (Å²) in [5, 5.41) is 11.8. The van der Waals surface area contributed by atoms with Crippen LogP contribution in [0, 0.1) is 12.7 Å². The minimum absolute atomic E-state index is 0.0946. The minimum Gasteiger partial charge on any atom is -0.478 e. The van der Waals surface area contributed by atoms with Crippen LogP contribution in [0.1, 0.15) is 21.6 Å². The third kappa shape index (κ3) is 3.03. The van der Waals surface area contributed by atoms with E-state index in [1.165, 1.54) is 6.07 Å². The molecule has 0 radical (unpaired) electrons. The average Bonchev–Trinajstić information content (AvgIpc) is 2.39. The number of carbonyl (C=O) groups is 1. The van der Waals surface area contributed by atoms with Crippen LogP contribution >= 0.6 is 0 Å². The fourth-order valence-corrected chi connectivity index (χ4v) is 1.71. The van der Waals surface area contributed by atoms with Crippen molar-refractivity contribution in [1.82, 2.24) is 4.98 Å². The van der Waals surface area contributed by atoms with Gasteiger partial charge in [0.05, 0.1) is 11.3 Å². The maximum Gasteiger partial charge on any atom is 0.337 e. The van der Waals surface area contributed by atoms with Crippen LogP contribution in [0.4, 0.5) is 15.8 Å². The Kier molecular flexibility index (Phi) is 3.84. The molecular weight excluding hydrogens is 261 g/mol. The van der Waals surface area contributed by atoms with Crippen molar-refractivity contribution in [3.63, 3.8) is 0 Å². The topological polar surface area (TPSA) is 88.2 Å². The van der Waals surface area contributed by atoms with Gasteiger partial charge in [-0.2, -0.15) is 0 Å². The Bertz CT molecular complexity index is 642. The van der Waals surface area contributed by atoms with Crippen molar-refractivity contribution >= 4 is 17.3 Å². The summed E-state index contributed by atoms with van der Waals surface area (Å²) in [6.07, 6.45) is 1.68. The van der Waals surface area contributed by atoms with Gasteiger partial charge in [-0.05, 0) is 30.7 Å². The quantitative estimate of drug-likeness (QED) is 0.746. The Morgan fingerprint density at radius 3 is 2.80 bits per heavy atom. The van der Waals surface area contributed by atoms with E-state index in [-0.39, 0.29) is 16.9 Å². The van der Waals surface area contributed by atoms with Gasteiger partial charge in [-0.25, -0.2) is 9.18 Å². The molecule has 0 amide bonds. The van der Waals surface area contributed by atoms with Crippen LogP contribution in [0.2, 0.25) is 0 Å². The Morgan fingerprint density at radius 2 is 2.20 bits per heavy atom. The number of aromatic nitrogens is 1. The van der Waals surface area contributed by atoms with E-state index in [0.717, 1.165) is 17.3 Å². The number of carboxylic acids is 1. The number of benzene rings is 1. The predicted octanol–water partition coefficient (Wildman–Crippen LogP) is 2.42. The molecule has 20 heavy (non-hydrogen) atoms. The predicted molar refractivity (Wildman–Crippen MR) is 74.1 cm³/mol. The highest BCUT2D eigenvalue weighted by Gasteiger charge is 2.13. The molecule has 104 valence electrons. The molecule has 0 saturated carbocycles. The van der Waals surface area contributed by atoms with Crippen LogP contribution in [0.5, 0.6) is 0 Å². The molecule has 6 heteroatoms. The first-order valence-corrected chi connectivity index (χ1v) is 5.95. The van der Waals surface area contributed by atoms with Crippen LogP contribution in [-0.2, 0) is 6.54 Å². The summed E-state index contributed by atoms with van der Waals surface area (Å²) in [5.74, 6) is -1.78. The Labute approximate surface area is 115 Å². The zero-order valence-corrected chi connectivity index (χ0v) is 10.9. The van der Waals surface area contributed by atoms with Gasteiger partial charge in [0, 0.05) is 24.1 Å². The molecule has 0 aliphatic heterocycles. The number of carboxylic acid groups (broad SMARTS) is 1. The number of nitrogens with two attached hydrogens (primary N) is 1. The molecule has 0 bridgehead atoms. The standard InChI is InChI=1S/C14H14FN3O2/c1-8-2-3-9(6-17-8)7-18-13-4-10(14(19)20)12(16)5-11(13)15/h2-6,18H,7,16H2,1H3,(H,19,20). The van der Waals surface area contributed by atoms with Gasteiger partial charge in [-0.15, -0.1) is 0 Å². The lowest BCUT2D eigenvalue weighted by molar-refractivity contribution is 0.0698. The van der Waals surface area contributed by atoms with Crippen molar-refractivity contribution in [2.24, 2.45) is 0 Å². The molecule has 0 unspecified atom stereocenters. The molecule has 1 aromatic heterocycles. The molecule has 0 aliphatic carbocycles. The molecule has 0 aliphatic rings. The third-order valence-electron chi connectivity index (χ3n) is 2.83. The summed E-state index contributed by atoms with van der Waals surface area (Å²) in [5.41, 5.74) is 7.08. The number of nitrogen functional groups attached to an aromatic ring is 1. The smallest absolute Gasteiger partial charge is 0.337 e. The molecule has 2 aromatic rings. The zero-order valence-electron chi connectivity index (χ0n) is 10.9. The van der Waals surface area contributed by atoms with Crippen LogP contribution < -0.4 is 11.1 Å². The van der Waals surface area contributed by atoms with E-state index in [1.54, 1.807) is 6.20 Å². The van der Waals surface area contributed by atoms with Crippen molar-refractivity contribution in [3.8, 4) is 0 Å². The van der Waals surface area contributed by atoms with E-state index >= 15 is 0 Å². The summed E-state index contributed by atoms with van der Waals surface area (Å²) in [6, 6.07) is 5.90. The molecule has 2 rings (SSSR count). The number of hydrogen-bond donors (Lipinski definition) is 3. The van der Waals surface area contributed by atoms with Gasteiger partial charge in [-0.1, -0.05) is 6.07 Å². The Balaban J connectivity index is 2.18. The van der Waals surface area contributed by atoms with E-state index in [2.05, 4.69) is 10.3 Å². The second kappa shape index (κ2) is 5.56. The van der Waals surface area contributed by atoms with Gasteiger partial charge >= 0.3 is 5.97 Å². The maximum absolute atomic E-state index is 13.7. The van der Waals surface area contributed by atoms with Crippen molar-refractivity contribution in [2.75, 3.05) is 11.1 Å². The Hall–Kier alpha value is -2.63. The van der Waals surface area contributed by atoms with Crippen LogP contribution in [-0.4, -0.2) is 16.1 Å². The summed E-state index contributed by atoms with van der Waals surface area (Å²) in [6.45, 7) is 2.21. The highest BCUT2D eigenvalue weighted by Crippen LogP contribution is 2.22.